The van der Waals surface area contributed by atoms with Crippen molar-refractivity contribution < 1.29 is 19.2 Å². The van der Waals surface area contributed by atoms with Gasteiger partial charge >= 0.3 is 0 Å². The van der Waals surface area contributed by atoms with E-state index in [1.807, 2.05) is 24.3 Å². The SMILES string of the molecule is COc1cc(C(=O)N(C)c2ccccc2N2CCCCC2)ccc1NC(=O)c1cccc([N+](=O)[O-])c1N. The molecule has 2 amide bonds. The van der Waals surface area contributed by atoms with Gasteiger partial charge in [0.25, 0.3) is 17.5 Å². The number of carbonyl (C=O) groups excluding carboxylic acids is 2. The Kier molecular flexibility index (Phi) is 7.57. The second-order valence-corrected chi connectivity index (χ2v) is 8.77. The van der Waals surface area contributed by atoms with Crippen LogP contribution in [0.2, 0.25) is 0 Å². The van der Waals surface area contributed by atoms with Crippen molar-refractivity contribution in [3.05, 3.63) is 81.9 Å². The molecule has 37 heavy (non-hydrogen) atoms. The average Bonchev–Trinajstić information content (AvgIpc) is 2.92. The number of piperidine rings is 1. The van der Waals surface area contributed by atoms with E-state index >= 15 is 0 Å². The molecule has 1 aliphatic heterocycles. The number of hydrogen-bond acceptors (Lipinski definition) is 7. The van der Waals surface area contributed by atoms with Crippen LogP contribution < -0.4 is 25.6 Å². The summed E-state index contributed by atoms with van der Waals surface area (Å²) in [7, 11) is 3.16. The smallest absolute Gasteiger partial charge is 0.292 e. The van der Waals surface area contributed by atoms with Crippen LogP contribution in [0.4, 0.5) is 28.4 Å². The zero-order valence-corrected chi connectivity index (χ0v) is 20.8. The quantitative estimate of drug-likeness (QED) is 0.271. The molecule has 10 nitrogen and oxygen atoms in total. The van der Waals surface area contributed by atoms with Crippen molar-refractivity contribution in [3.8, 4) is 5.75 Å². The van der Waals surface area contributed by atoms with Crippen LogP contribution in [0.15, 0.2) is 60.7 Å². The fourth-order valence-electron chi connectivity index (χ4n) is 4.48. The van der Waals surface area contributed by atoms with Crippen LogP contribution >= 0.6 is 0 Å². The molecule has 0 radical (unpaired) electrons. The fourth-order valence-corrected chi connectivity index (χ4v) is 4.48. The Bertz CT molecular complexity index is 1340. The van der Waals surface area contributed by atoms with E-state index in [4.69, 9.17) is 10.5 Å². The monoisotopic (exact) mass is 503 g/mol. The first-order valence-electron chi connectivity index (χ1n) is 12.0. The first kappa shape index (κ1) is 25.5. The van der Waals surface area contributed by atoms with Gasteiger partial charge in [-0.2, -0.15) is 0 Å². The van der Waals surface area contributed by atoms with Crippen LogP contribution in [-0.2, 0) is 0 Å². The summed E-state index contributed by atoms with van der Waals surface area (Å²) in [6, 6.07) is 16.6. The normalized spacial score (nSPS) is 13.1. The van der Waals surface area contributed by atoms with Gasteiger partial charge in [-0.25, -0.2) is 0 Å². The number of para-hydroxylation sites is 3. The lowest BCUT2D eigenvalue weighted by molar-refractivity contribution is -0.383. The van der Waals surface area contributed by atoms with Crippen LogP contribution in [0.5, 0.6) is 5.75 Å². The molecule has 10 heteroatoms. The van der Waals surface area contributed by atoms with Crippen LogP contribution in [0, 0.1) is 10.1 Å². The third-order valence-corrected chi connectivity index (χ3v) is 6.47. The van der Waals surface area contributed by atoms with Crippen molar-refractivity contribution in [2.45, 2.75) is 19.3 Å². The molecule has 0 bridgehead atoms. The number of rotatable bonds is 7. The van der Waals surface area contributed by atoms with Gasteiger partial charge < -0.3 is 25.6 Å². The third-order valence-electron chi connectivity index (χ3n) is 6.47. The predicted molar refractivity (Wildman–Crippen MR) is 144 cm³/mol. The summed E-state index contributed by atoms with van der Waals surface area (Å²) in [5.41, 5.74) is 7.72. The summed E-state index contributed by atoms with van der Waals surface area (Å²) < 4.78 is 5.44. The van der Waals surface area contributed by atoms with E-state index in [1.54, 1.807) is 30.1 Å². The van der Waals surface area contributed by atoms with Crippen molar-refractivity contribution in [2.24, 2.45) is 0 Å². The molecule has 3 aromatic rings. The van der Waals surface area contributed by atoms with Crippen molar-refractivity contribution in [2.75, 3.05) is 48.1 Å². The Balaban J connectivity index is 1.57. The van der Waals surface area contributed by atoms with Gasteiger partial charge in [-0.3, -0.25) is 19.7 Å². The summed E-state index contributed by atoms with van der Waals surface area (Å²) >= 11 is 0. The Labute approximate surface area is 214 Å². The van der Waals surface area contributed by atoms with E-state index in [0.717, 1.165) is 37.3 Å². The Morgan fingerprint density at radius 3 is 2.49 bits per heavy atom. The van der Waals surface area contributed by atoms with E-state index in [0.29, 0.717) is 11.3 Å². The van der Waals surface area contributed by atoms with Crippen molar-refractivity contribution >= 4 is 40.3 Å². The first-order chi connectivity index (χ1) is 17.8. The van der Waals surface area contributed by atoms with Gasteiger partial charge in [-0.15, -0.1) is 0 Å². The number of nitro groups is 1. The lowest BCUT2D eigenvalue weighted by Gasteiger charge is -2.32. The number of nitrogen functional groups attached to an aromatic ring is 1. The summed E-state index contributed by atoms with van der Waals surface area (Å²) in [6.07, 6.45) is 3.46. The number of nitrogens with two attached hydrogens (primary N) is 1. The van der Waals surface area contributed by atoms with Crippen LogP contribution in [0.3, 0.4) is 0 Å². The zero-order valence-electron chi connectivity index (χ0n) is 20.8. The maximum atomic E-state index is 13.4. The number of ether oxygens (including phenoxy) is 1. The zero-order chi connectivity index (χ0) is 26.5. The summed E-state index contributed by atoms with van der Waals surface area (Å²) in [6.45, 7) is 1.91. The molecule has 1 aliphatic rings. The number of nitrogens with one attached hydrogen (secondary N) is 1. The molecule has 1 saturated heterocycles. The van der Waals surface area contributed by atoms with Crippen molar-refractivity contribution in [3.63, 3.8) is 0 Å². The summed E-state index contributed by atoms with van der Waals surface area (Å²) in [4.78, 5) is 40.7. The molecule has 0 saturated carbocycles. The van der Waals surface area contributed by atoms with Crippen LogP contribution in [0.1, 0.15) is 40.0 Å². The van der Waals surface area contributed by atoms with Gasteiger partial charge in [0.2, 0.25) is 0 Å². The third kappa shape index (κ3) is 5.32. The molecule has 0 aromatic heterocycles. The Hall–Kier alpha value is -4.60. The maximum absolute atomic E-state index is 13.4. The van der Waals surface area contributed by atoms with Gasteiger partial charge in [0, 0.05) is 31.8 Å². The molecule has 1 fully saturated rings. The van der Waals surface area contributed by atoms with Gasteiger partial charge in [-0.1, -0.05) is 18.2 Å². The lowest BCUT2D eigenvalue weighted by Crippen LogP contribution is -2.33. The highest BCUT2D eigenvalue weighted by molar-refractivity contribution is 6.11. The van der Waals surface area contributed by atoms with E-state index in [9.17, 15) is 19.7 Å². The van der Waals surface area contributed by atoms with Crippen LogP contribution in [-0.4, -0.2) is 44.0 Å². The predicted octanol–water partition coefficient (Wildman–Crippen LogP) is 4.70. The summed E-state index contributed by atoms with van der Waals surface area (Å²) in [5.74, 6) is -0.601. The van der Waals surface area contributed by atoms with Gasteiger partial charge in [0.15, 0.2) is 0 Å². The lowest BCUT2D eigenvalue weighted by atomic mass is 10.1. The number of anilines is 4. The van der Waals surface area contributed by atoms with Crippen LogP contribution in [0.25, 0.3) is 0 Å². The number of nitro benzene ring substituents is 1. The first-order valence-corrected chi connectivity index (χ1v) is 12.0. The largest absolute Gasteiger partial charge is 0.495 e. The molecule has 3 N–H and O–H groups in total. The Morgan fingerprint density at radius 1 is 1.05 bits per heavy atom. The number of hydrogen-bond donors (Lipinski definition) is 2. The molecule has 0 atom stereocenters. The van der Waals surface area contributed by atoms with Gasteiger partial charge in [0.1, 0.15) is 11.4 Å². The van der Waals surface area contributed by atoms with Crippen molar-refractivity contribution in [1.82, 2.24) is 0 Å². The molecule has 0 spiro atoms. The molecule has 0 unspecified atom stereocenters. The van der Waals surface area contributed by atoms with E-state index < -0.39 is 10.8 Å². The minimum absolute atomic E-state index is 0.0366. The topological polar surface area (TPSA) is 131 Å². The standard InChI is InChI=1S/C27H29N5O5/c1-30(21-10-4-5-11-22(21)31-15-6-3-7-16-31)27(34)18-13-14-20(24(17-18)37-2)29-26(33)19-9-8-12-23(25(19)28)32(35)36/h4-5,8-14,17H,3,6-7,15-16,28H2,1-2H3,(H,29,33). The Morgan fingerprint density at radius 2 is 1.78 bits per heavy atom. The van der Waals surface area contributed by atoms with Gasteiger partial charge in [-0.05, 0) is 55.7 Å². The molecule has 192 valence electrons. The summed E-state index contributed by atoms with van der Waals surface area (Å²) in [5, 5.41) is 13.8. The number of carbonyl (C=O) groups is 2. The molecule has 3 aromatic carbocycles. The van der Waals surface area contributed by atoms with E-state index in [1.165, 1.54) is 31.7 Å². The van der Waals surface area contributed by atoms with Gasteiger partial charge in [0.05, 0.1) is 34.7 Å². The highest BCUT2D eigenvalue weighted by Crippen LogP contribution is 2.33. The highest BCUT2D eigenvalue weighted by Gasteiger charge is 2.23. The van der Waals surface area contributed by atoms with E-state index in [-0.39, 0.29) is 28.6 Å². The fraction of sp³-hybridized carbons (Fsp3) is 0.259. The van der Waals surface area contributed by atoms with E-state index in [2.05, 4.69) is 10.2 Å². The molecular formula is C27H29N5O5. The minimum Gasteiger partial charge on any atom is -0.495 e. The molecule has 0 aliphatic carbocycles. The number of benzene rings is 3. The molecule has 1 heterocycles. The number of methoxy groups -OCH3 is 1. The highest BCUT2D eigenvalue weighted by atomic mass is 16.6. The second kappa shape index (κ2) is 11.0. The molecular weight excluding hydrogens is 474 g/mol. The van der Waals surface area contributed by atoms with Crippen molar-refractivity contribution in [1.29, 1.82) is 0 Å². The maximum Gasteiger partial charge on any atom is 0.292 e. The number of nitrogens with zero attached hydrogens (tertiary/aromatic N) is 3. The molecule has 4 rings (SSSR count). The number of amides is 2. The average molecular weight is 504 g/mol. The minimum atomic E-state index is -0.646. The second-order valence-electron chi connectivity index (χ2n) is 8.77.